The van der Waals surface area contributed by atoms with Gasteiger partial charge in [0.05, 0.1) is 6.10 Å². The molecule has 0 spiro atoms. The number of hydrogen-bond acceptors (Lipinski definition) is 1. The smallest absolute Gasteiger partial charge is 0.109 e. The van der Waals surface area contributed by atoms with E-state index in [1.165, 1.54) is 19.3 Å². The Hall–Kier alpha value is 0.755. The first-order valence-electron chi connectivity index (χ1n) is 5.61. The molecule has 1 nitrogen and oxygen atoms in total. The maximum absolute atomic E-state index is 5.95. The number of unbranched alkanes of at least 4 members (excludes halogenated alkanes) is 1. The van der Waals surface area contributed by atoms with E-state index in [-0.39, 0.29) is 30.0 Å². The van der Waals surface area contributed by atoms with Gasteiger partial charge in [0.2, 0.25) is 0 Å². The molecule has 14 heavy (non-hydrogen) atoms. The van der Waals surface area contributed by atoms with Crippen molar-refractivity contribution in [2.24, 2.45) is 11.8 Å². The third-order valence-electron chi connectivity index (χ3n) is 3.31. The minimum absolute atomic E-state index is 0. The second kappa shape index (κ2) is 7.10. The van der Waals surface area contributed by atoms with Crippen LogP contribution >= 0.6 is 24.0 Å². The summed E-state index contributed by atoms with van der Waals surface area (Å²) in [4.78, 5) is 0. The molecule has 1 fully saturated rings. The fourth-order valence-electron chi connectivity index (χ4n) is 2.34. The zero-order chi connectivity index (χ0) is 9.84. The van der Waals surface area contributed by atoms with Crippen molar-refractivity contribution in [3.05, 3.63) is 0 Å². The van der Waals surface area contributed by atoms with Crippen LogP contribution in [0.1, 0.15) is 46.5 Å². The second-order valence-corrected chi connectivity index (χ2v) is 4.21. The van der Waals surface area contributed by atoms with Gasteiger partial charge in [0.1, 0.15) is 7.85 Å². The van der Waals surface area contributed by atoms with Crippen molar-refractivity contribution >= 4 is 31.8 Å². The Kier molecular flexibility index (Phi) is 7.48. The van der Waals surface area contributed by atoms with Crippen LogP contribution in [0.25, 0.3) is 0 Å². The molecule has 1 aliphatic rings. The lowest BCUT2D eigenvalue weighted by atomic mass is 9.77. The highest BCUT2D eigenvalue weighted by Gasteiger charge is 2.36. The minimum Gasteiger partial charge on any atom is -0.384 e. The van der Waals surface area contributed by atoms with Crippen molar-refractivity contribution < 1.29 is 4.74 Å². The summed E-state index contributed by atoms with van der Waals surface area (Å²) < 4.78 is 5.71. The standard InChI is InChI=1S/C11H21BO.HI/c1-4-6-7-9-8(3)10(5-2)13-11(9)12;/h8-11H,4-7H2,1-3H3;1H/t8?,9-,10-,11-;/m1./s1. The summed E-state index contributed by atoms with van der Waals surface area (Å²) in [6.45, 7) is 6.68. The molecule has 0 saturated carbocycles. The maximum Gasteiger partial charge on any atom is 0.109 e. The van der Waals surface area contributed by atoms with E-state index in [9.17, 15) is 0 Å². The molecule has 82 valence electrons. The Morgan fingerprint density at radius 2 is 1.93 bits per heavy atom. The minimum atomic E-state index is -0.00787. The molecule has 0 amide bonds. The van der Waals surface area contributed by atoms with Crippen molar-refractivity contribution in [1.82, 2.24) is 0 Å². The van der Waals surface area contributed by atoms with Gasteiger partial charge in [0, 0.05) is 6.00 Å². The van der Waals surface area contributed by atoms with Crippen LogP contribution in [-0.2, 0) is 4.74 Å². The monoisotopic (exact) mass is 308 g/mol. The van der Waals surface area contributed by atoms with Crippen LogP contribution in [0.4, 0.5) is 0 Å². The lowest BCUT2D eigenvalue weighted by Gasteiger charge is -2.18. The van der Waals surface area contributed by atoms with Crippen molar-refractivity contribution in [3.63, 3.8) is 0 Å². The molecule has 0 bridgehead atoms. The van der Waals surface area contributed by atoms with Crippen LogP contribution in [0.15, 0.2) is 0 Å². The van der Waals surface area contributed by atoms with Gasteiger partial charge in [-0.05, 0) is 24.7 Å². The highest BCUT2D eigenvalue weighted by atomic mass is 127. The molecule has 2 radical (unpaired) electrons. The van der Waals surface area contributed by atoms with Gasteiger partial charge in [-0.25, -0.2) is 0 Å². The molecule has 4 atom stereocenters. The summed E-state index contributed by atoms with van der Waals surface area (Å²) in [7, 11) is 5.95. The fourth-order valence-corrected chi connectivity index (χ4v) is 2.34. The first-order chi connectivity index (χ1) is 6.20. The molecule has 0 aromatic carbocycles. The van der Waals surface area contributed by atoms with Crippen LogP contribution in [0.5, 0.6) is 0 Å². The summed E-state index contributed by atoms with van der Waals surface area (Å²) in [5, 5.41) is 0. The van der Waals surface area contributed by atoms with Crippen molar-refractivity contribution in [2.75, 3.05) is 0 Å². The predicted octanol–water partition coefficient (Wildman–Crippen LogP) is 3.35. The summed E-state index contributed by atoms with van der Waals surface area (Å²) in [6.07, 6.45) is 5.26. The Labute approximate surface area is 107 Å². The van der Waals surface area contributed by atoms with Crippen LogP contribution in [0, 0.1) is 11.8 Å². The fraction of sp³-hybridized carbons (Fsp3) is 1.00. The molecule has 1 heterocycles. The lowest BCUT2D eigenvalue weighted by molar-refractivity contribution is 0.0690. The van der Waals surface area contributed by atoms with Crippen molar-refractivity contribution in [1.29, 1.82) is 0 Å². The van der Waals surface area contributed by atoms with Gasteiger partial charge in [0.15, 0.2) is 0 Å². The van der Waals surface area contributed by atoms with Gasteiger partial charge in [-0.15, -0.1) is 24.0 Å². The zero-order valence-electron chi connectivity index (χ0n) is 9.53. The molecule has 0 aromatic heterocycles. The van der Waals surface area contributed by atoms with E-state index in [0.717, 1.165) is 6.42 Å². The van der Waals surface area contributed by atoms with E-state index >= 15 is 0 Å². The highest BCUT2D eigenvalue weighted by Crippen LogP contribution is 2.35. The number of hydrogen-bond donors (Lipinski definition) is 0. The Bertz CT molecular complexity index is 154. The van der Waals surface area contributed by atoms with Gasteiger partial charge in [0.25, 0.3) is 0 Å². The van der Waals surface area contributed by atoms with Crippen LogP contribution in [-0.4, -0.2) is 20.0 Å². The lowest BCUT2D eigenvalue weighted by Crippen LogP contribution is -2.19. The molecular weight excluding hydrogens is 286 g/mol. The molecule has 1 unspecified atom stereocenters. The zero-order valence-corrected chi connectivity index (χ0v) is 11.9. The van der Waals surface area contributed by atoms with Gasteiger partial charge in [-0.2, -0.15) is 0 Å². The Balaban J connectivity index is 0.00000169. The molecule has 1 saturated heterocycles. The maximum atomic E-state index is 5.95. The summed E-state index contributed by atoms with van der Waals surface area (Å²) in [5.41, 5.74) is 0. The third kappa shape index (κ3) is 3.40. The Morgan fingerprint density at radius 1 is 1.29 bits per heavy atom. The number of halogens is 1. The molecule has 1 aliphatic heterocycles. The Morgan fingerprint density at radius 3 is 2.36 bits per heavy atom. The van der Waals surface area contributed by atoms with Crippen LogP contribution in [0.3, 0.4) is 0 Å². The van der Waals surface area contributed by atoms with Crippen molar-refractivity contribution in [3.8, 4) is 0 Å². The van der Waals surface area contributed by atoms with E-state index in [4.69, 9.17) is 12.6 Å². The number of rotatable bonds is 4. The first kappa shape index (κ1) is 14.8. The average Bonchev–Trinajstić information content (AvgIpc) is 2.39. The quantitative estimate of drug-likeness (QED) is 0.572. The first-order valence-corrected chi connectivity index (χ1v) is 5.61. The summed E-state index contributed by atoms with van der Waals surface area (Å²) in [5.74, 6) is 1.23. The van der Waals surface area contributed by atoms with Gasteiger partial charge in [-0.1, -0.05) is 33.6 Å². The molecule has 0 aliphatic carbocycles. The van der Waals surface area contributed by atoms with E-state index in [0.29, 0.717) is 17.9 Å². The SMILES string of the molecule is I.[B][C@@H]1O[C@H](CC)C(C)[C@H]1CCCC. The van der Waals surface area contributed by atoms with Crippen LogP contribution in [0.2, 0.25) is 0 Å². The normalized spacial score (nSPS) is 36.8. The number of ether oxygens (including phenoxy) is 1. The van der Waals surface area contributed by atoms with Crippen LogP contribution < -0.4 is 0 Å². The molecule has 1 rings (SSSR count). The van der Waals surface area contributed by atoms with Gasteiger partial charge < -0.3 is 4.74 Å². The highest BCUT2D eigenvalue weighted by molar-refractivity contribution is 14.0. The molecule has 0 aromatic rings. The molecular formula is C11H22BIO. The average molecular weight is 308 g/mol. The largest absolute Gasteiger partial charge is 0.384 e. The topological polar surface area (TPSA) is 9.23 Å². The van der Waals surface area contributed by atoms with E-state index in [2.05, 4.69) is 20.8 Å². The second-order valence-electron chi connectivity index (χ2n) is 4.21. The predicted molar refractivity (Wildman–Crippen MR) is 72.3 cm³/mol. The van der Waals surface area contributed by atoms with Gasteiger partial charge in [-0.3, -0.25) is 0 Å². The third-order valence-corrected chi connectivity index (χ3v) is 3.31. The summed E-state index contributed by atoms with van der Waals surface area (Å²) in [6, 6.07) is -0.00787. The van der Waals surface area contributed by atoms with Gasteiger partial charge >= 0.3 is 0 Å². The summed E-state index contributed by atoms with van der Waals surface area (Å²) >= 11 is 0. The molecule has 3 heteroatoms. The van der Waals surface area contributed by atoms with E-state index < -0.39 is 0 Å². The van der Waals surface area contributed by atoms with E-state index in [1.54, 1.807) is 0 Å². The van der Waals surface area contributed by atoms with E-state index in [1.807, 2.05) is 0 Å². The van der Waals surface area contributed by atoms with Crippen molar-refractivity contribution in [2.45, 2.75) is 58.6 Å². The molecule has 0 N–H and O–H groups in total.